The fourth-order valence-electron chi connectivity index (χ4n) is 10.4. The summed E-state index contributed by atoms with van der Waals surface area (Å²) in [5.74, 6) is -0.224. The predicted octanol–water partition coefficient (Wildman–Crippen LogP) is 7.70. The maximum absolute atomic E-state index is 13.8. The van der Waals surface area contributed by atoms with Crippen molar-refractivity contribution in [2.75, 3.05) is 26.7 Å². The summed E-state index contributed by atoms with van der Waals surface area (Å²) in [7, 11) is 1.69. The van der Waals surface area contributed by atoms with Gasteiger partial charge in [0.2, 0.25) is 5.82 Å². The van der Waals surface area contributed by atoms with Crippen LogP contribution in [-0.2, 0) is 34.7 Å². The first-order valence-corrected chi connectivity index (χ1v) is 25.1. The normalized spacial score (nSPS) is 16.1. The molecule has 75 heavy (non-hydrogen) atoms. The molecule has 386 valence electrons. The number of cyclic esters (lactones) is 1. The number of carbonyl (C=O) groups excluding carboxylic acids is 4. The molecule has 3 aromatic heterocycles. The number of pyridine rings is 2. The number of fused-ring (bicyclic) bond motifs is 5. The molecule has 0 saturated carbocycles. The number of hydrogen-bond donors (Lipinski definition) is 4. The third-order valence-corrected chi connectivity index (χ3v) is 14.6. The third kappa shape index (κ3) is 8.85. The van der Waals surface area contributed by atoms with E-state index >= 15 is 0 Å². The Balaban J connectivity index is 0.769. The zero-order valence-electron chi connectivity index (χ0n) is 42.3. The lowest BCUT2D eigenvalue weighted by Gasteiger charge is -2.36. The first-order valence-electron chi connectivity index (χ1n) is 25.1. The number of aromatic nitrogens is 5. The van der Waals surface area contributed by atoms with Gasteiger partial charge < -0.3 is 49.2 Å². The third-order valence-electron chi connectivity index (χ3n) is 14.6. The molecule has 4 N–H and O–H groups in total. The molecular formula is C56H56N8O11. The second kappa shape index (κ2) is 19.7. The number of likely N-dealkylation sites (tertiary alicyclic amines) is 1. The lowest BCUT2D eigenvalue weighted by Crippen LogP contribution is -2.48. The van der Waals surface area contributed by atoms with Gasteiger partial charge in [0.25, 0.3) is 17.4 Å². The molecule has 0 radical (unpaired) electrons. The maximum Gasteiger partial charge on any atom is 0.415 e. The Bertz CT molecular complexity index is 3510. The first kappa shape index (κ1) is 50.0. The van der Waals surface area contributed by atoms with E-state index in [1.807, 2.05) is 20.8 Å². The molecule has 0 spiro atoms. The van der Waals surface area contributed by atoms with Crippen molar-refractivity contribution in [2.45, 2.75) is 91.0 Å². The van der Waals surface area contributed by atoms with Crippen LogP contribution in [0.5, 0.6) is 28.7 Å². The fourth-order valence-corrected chi connectivity index (χ4v) is 10.4. The van der Waals surface area contributed by atoms with Crippen molar-refractivity contribution in [3.05, 3.63) is 134 Å². The summed E-state index contributed by atoms with van der Waals surface area (Å²) in [4.78, 5) is 75.1. The number of piperidine rings is 1. The van der Waals surface area contributed by atoms with E-state index in [4.69, 9.17) is 19.2 Å². The van der Waals surface area contributed by atoms with E-state index in [1.165, 1.54) is 10.6 Å². The number of esters is 1. The van der Waals surface area contributed by atoms with Crippen molar-refractivity contribution in [2.24, 2.45) is 0 Å². The average Bonchev–Trinajstić information content (AvgIpc) is 4.04. The van der Waals surface area contributed by atoms with Gasteiger partial charge >= 0.3 is 12.1 Å². The lowest BCUT2D eigenvalue weighted by atomic mass is 9.86. The van der Waals surface area contributed by atoms with E-state index in [0.717, 1.165) is 16.5 Å². The molecule has 3 aliphatic heterocycles. The van der Waals surface area contributed by atoms with Crippen LogP contribution in [0.3, 0.4) is 0 Å². The molecule has 3 amide bonds. The average molecular weight is 1020 g/mol. The summed E-state index contributed by atoms with van der Waals surface area (Å²) < 4.78 is 20.4. The zero-order valence-corrected chi connectivity index (χ0v) is 42.3. The van der Waals surface area contributed by atoms with E-state index in [1.54, 1.807) is 114 Å². The van der Waals surface area contributed by atoms with Crippen molar-refractivity contribution < 1.29 is 48.7 Å². The highest BCUT2D eigenvalue weighted by molar-refractivity contribution is 5.95. The van der Waals surface area contributed by atoms with Crippen LogP contribution in [0.25, 0.3) is 39.4 Å². The number of aromatic hydroxyl groups is 2. The monoisotopic (exact) mass is 1020 g/mol. The number of hydrogen-bond acceptors (Lipinski definition) is 14. The van der Waals surface area contributed by atoms with Gasteiger partial charge in [0.15, 0.2) is 11.4 Å². The SMILES string of the molecule is CCNC(=O)c1nnc(-c2cc(C(C)C)c(O)cc2O)n1-c1ccc(Oc2ccc(C(=O)N3CCC(N(C)C(=O)Oc4ccc5nc6c(c(CC)c5c4)Cn4c-6cc5c(c4=O)COC(=O)[C@]5(O)CC)CC3)cc2)cc1. The Morgan fingerprint density at radius 1 is 0.880 bits per heavy atom. The minimum atomic E-state index is -1.93. The number of nitrogens with zero attached hydrogens (tertiary/aromatic N) is 7. The van der Waals surface area contributed by atoms with E-state index < -0.39 is 23.6 Å². The van der Waals surface area contributed by atoms with Gasteiger partial charge in [0.1, 0.15) is 35.4 Å². The molecule has 19 nitrogen and oxygen atoms in total. The number of carbonyl (C=O) groups is 4. The Kier molecular flexibility index (Phi) is 13.1. The molecule has 6 heterocycles. The largest absolute Gasteiger partial charge is 0.508 e. The van der Waals surface area contributed by atoms with Crippen LogP contribution in [0, 0.1) is 0 Å². The van der Waals surface area contributed by atoms with Crippen LogP contribution in [0.15, 0.2) is 89.7 Å². The summed E-state index contributed by atoms with van der Waals surface area (Å²) >= 11 is 0. The Hall–Kier alpha value is -8.58. The van der Waals surface area contributed by atoms with E-state index in [0.29, 0.717) is 95.4 Å². The van der Waals surface area contributed by atoms with Crippen molar-refractivity contribution in [1.82, 2.24) is 39.4 Å². The number of benzene rings is 4. The number of rotatable bonds is 12. The second-order valence-corrected chi connectivity index (χ2v) is 19.3. The smallest absolute Gasteiger partial charge is 0.415 e. The van der Waals surface area contributed by atoms with Gasteiger partial charge in [-0.3, -0.25) is 19.0 Å². The maximum atomic E-state index is 13.8. The number of phenolic OH excluding ortho intramolecular Hbond substituents is 2. The summed E-state index contributed by atoms with van der Waals surface area (Å²) in [5.41, 5.74) is 3.67. The van der Waals surface area contributed by atoms with Gasteiger partial charge in [-0.15, -0.1) is 10.2 Å². The van der Waals surface area contributed by atoms with Gasteiger partial charge in [-0.1, -0.05) is 27.7 Å². The highest BCUT2D eigenvalue weighted by Crippen LogP contribution is 2.42. The quantitative estimate of drug-likeness (QED) is 0.0858. The Labute approximate surface area is 430 Å². The molecule has 4 aromatic carbocycles. The van der Waals surface area contributed by atoms with E-state index in [2.05, 4.69) is 15.5 Å². The fraction of sp³-hybridized carbons (Fsp3) is 0.321. The lowest BCUT2D eigenvalue weighted by molar-refractivity contribution is -0.172. The van der Waals surface area contributed by atoms with Crippen molar-refractivity contribution in [3.8, 4) is 57.2 Å². The predicted molar refractivity (Wildman–Crippen MR) is 275 cm³/mol. The minimum Gasteiger partial charge on any atom is -0.508 e. The van der Waals surface area contributed by atoms with Gasteiger partial charge in [0.05, 0.1) is 34.6 Å². The molecule has 1 saturated heterocycles. The molecule has 0 unspecified atom stereocenters. The van der Waals surface area contributed by atoms with Crippen LogP contribution in [0.4, 0.5) is 4.79 Å². The Morgan fingerprint density at radius 3 is 2.24 bits per heavy atom. The molecule has 19 heteroatoms. The van der Waals surface area contributed by atoms with Crippen molar-refractivity contribution in [3.63, 3.8) is 0 Å². The van der Waals surface area contributed by atoms with Crippen molar-refractivity contribution >= 4 is 34.8 Å². The summed E-state index contributed by atoms with van der Waals surface area (Å²) in [6, 6.07) is 23.4. The van der Waals surface area contributed by atoms with Crippen LogP contribution in [0.2, 0.25) is 0 Å². The van der Waals surface area contributed by atoms with Crippen LogP contribution in [-0.4, -0.2) is 106 Å². The Morgan fingerprint density at radius 2 is 1.57 bits per heavy atom. The zero-order chi connectivity index (χ0) is 53.0. The van der Waals surface area contributed by atoms with Gasteiger partial charge in [0, 0.05) is 66.6 Å². The molecule has 0 aliphatic carbocycles. The van der Waals surface area contributed by atoms with Crippen LogP contribution >= 0.6 is 0 Å². The van der Waals surface area contributed by atoms with Gasteiger partial charge in [-0.2, -0.15) is 0 Å². The highest BCUT2D eigenvalue weighted by atomic mass is 16.6. The van der Waals surface area contributed by atoms with Crippen LogP contribution < -0.4 is 20.3 Å². The summed E-state index contributed by atoms with van der Waals surface area (Å²) in [6.45, 7) is 10.5. The highest BCUT2D eigenvalue weighted by Gasteiger charge is 2.45. The van der Waals surface area contributed by atoms with Crippen LogP contribution in [0.1, 0.15) is 109 Å². The number of ether oxygens (including phenoxy) is 3. The summed E-state index contributed by atoms with van der Waals surface area (Å²) in [5, 5.41) is 44.6. The first-order chi connectivity index (χ1) is 36.0. The topological polar surface area (TPSA) is 241 Å². The number of aliphatic hydroxyl groups is 1. The standard InChI is InChI=1S/C56H56N8O11/c1-7-37-39-24-36(18-19-44(39)58-48-41(37)28-63-45(48)26-43-42(53(63)69)29-73-54(70)56(43,72)8-2)75-55(71)61(6)32-20-22-62(23-21-32)52(68)31-10-14-34(15-11-31)74-35-16-12-33(13-17-35)64-49(59-60-50(64)51(67)57-9-3)40-25-38(30(4)5)46(65)27-47(40)66/h10-19,24-27,30,32,65-66,72H,7-9,20-23,28-29H2,1-6H3,(H,57,67)/t56-/m0/s1. The molecule has 10 rings (SSSR count). The second-order valence-electron chi connectivity index (χ2n) is 19.3. The minimum absolute atomic E-state index is 0.00362. The molecule has 1 atom stereocenters. The molecule has 7 aromatic rings. The molecule has 1 fully saturated rings. The van der Waals surface area contributed by atoms with Gasteiger partial charge in [-0.25, -0.2) is 14.6 Å². The van der Waals surface area contributed by atoms with Gasteiger partial charge in [-0.05, 0) is 129 Å². The number of nitrogens with one attached hydrogen (secondary N) is 1. The van der Waals surface area contributed by atoms with E-state index in [9.17, 15) is 39.3 Å². The molecule has 3 aliphatic rings. The number of phenols is 2. The molecular weight excluding hydrogens is 961 g/mol. The molecule has 0 bridgehead atoms. The summed E-state index contributed by atoms with van der Waals surface area (Å²) in [6.07, 6.45) is 1.19. The number of aryl methyl sites for hydroxylation is 1. The van der Waals surface area contributed by atoms with Crippen molar-refractivity contribution in [1.29, 1.82) is 0 Å². The van der Waals surface area contributed by atoms with E-state index in [-0.39, 0.29) is 77.3 Å². The number of amides is 3.